The molecule has 2 aromatic rings. The largest absolute Gasteiger partial charge is 1.00 e. The van der Waals surface area contributed by atoms with Crippen LogP contribution in [0.2, 0.25) is 0 Å². The van der Waals surface area contributed by atoms with Crippen molar-refractivity contribution < 1.29 is 56.9 Å². The van der Waals surface area contributed by atoms with Gasteiger partial charge in [0.2, 0.25) is 0 Å². The van der Waals surface area contributed by atoms with Crippen LogP contribution in [0.25, 0.3) is 11.1 Å². The Kier molecular flexibility index (Phi) is 5.86. The fourth-order valence-corrected chi connectivity index (χ4v) is 3.43. The Hall–Kier alpha value is -1.14. The molecule has 0 unspecified atom stereocenters. The van der Waals surface area contributed by atoms with Crippen molar-refractivity contribution in [2.75, 3.05) is 11.5 Å². The van der Waals surface area contributed by atoms with Crippen molar-refractivity contribution >= 4 is 31.6 Å². The summed E-state index contributed by atoms with van der Waals surface area (Å²) in [6.45, 7) is 0. The molecule has 0 atom stereocenters. The predicted octanol–water partition coefficient (Wildman–Crippen LogP) is -1.87. The number of benzene rings is 2. The number of hydrogen-bond donors (Lipinski definition) is 4. The van der Waals surface area contributed by atoms with Crippen molar-refractivity contribution in [1.29, 1.82) is 0 Å². The molecule has 0 amide bonds. The summed E-state index contributed by atoms with van der Waals surface area (Å²) >= 11 is 0. The van der Waals surface area contributed by atoms with Gasteiger partial charge in [0, 0.05) is 22.5 Å². The number of rotatable bonds is 3. The minimum Gasteiger partial charge on any atom is -1.00 e. The van der Waals surface area contributed by atoms with Gasteiger partial charge in [-0.2, -0.15) is 16.8 Å². The van der Waals surface area contributed by atoms with Gasteiger partial charge in [-0.1, -0.05) is 12.1 Å². The number of nitrogens with two attached hydrogens (primary N) is 2. The first-order valence-electron chi connectivity index (χ1n) is 5.74. The van der Waals surface area contributed by atoms with Gasteiger partial charge in [-0.15, -0.1) is 0 Å². The van der Waals surface area contributed by atoms with E-state index >= 15 is 0 Å². The molecule has 23 heavy (non-hydrogen) atoms. The Labute approximate surface area is 156 Å². The second kappa shape index (κ2) is 6.77. The van der Waals surface area contributed by atoms with Crippen molar-refractivity contribution in [2.45, 2.75) is 9.79 Å². The summed E-state index contributed by atoms with van der Waals surface area (Å²) in [4.78, 5) is -1.16. The van der Waals surface area contributed by atoms with E-state index in [1.54, 1.807) is 0 Å². The zero-order valence-corrected chi connectivity index (χ0v) is 15.6. The van der Waals surface area contributed by atoms with Crippen LogP contribution in [0.5, 0.6) is 0 Å². The molecule has 0 heterocycles. The van der Waals surface area contributed by atoms with Gasteiger partial charge in [-0.05, 0) is 24.3 Å². The van der Waals surface area contributed by atoms with Crippen molar-refractivity contribution in [3.63, 3.8) is 0 Å². The van der Waals surface area contributed by atoms with Crippen LogP contribution in [0.15, 0.2) is 46.2 Å². The van der Waals surface area contributed by atoms with Gasteiger partial charge < -0.3 is 12.9 Å². The molecule has 0 aliphatic carbocycles. The predicted molar refractivity (Wildman–Crippen MR) is 81.4 cm³/mol. The molecule has 0 bridgehead atoms. The molecule has 120 valence electrons. The van der Waals surface area contributed by atoms with E-state index in [1.165, 1.54) is 24.3 Å². The molecule has 0 fully saturated rings. The van der Waals surface area contributed by atoms with Gasteiger partial charge >= 0.3 is 29.6 Å². The van der Waals surface area contributed by atoms with Crippen LogP contribution >= 0.6 is 0 Å². The van der Waals surface area contributed by atoms with E-state index in [-0.39, 0.29) is 53.5 Å². The van der Waals surface area contributed by atoms with Gasteiger partial charge in [0.1, 0.15) is 9.79 Å². The number of anilines is 2. The van der Waals surface area contributed by atoms with Crippen molar-refractivity contribution in [3.05, 3.63) is 36.4 Å². The SMILES string of the molecule is Nc1ccc(-c2ccc(N)cc2S(=O)(=O)O)c(S(=O)(=O)O)c1.[H-].[Na+]. The molecule has 2 rings (SSSR count). The zero-order valence-electron chi connectivity index (χ0n) is 13.0. The van der Waals surface area contributed by atoms with E-state index < -0.39 is 30.0 Å². The Bertz CT molecular complexity index is 884. The fraction of sp³-hybridized carbons (Fsp3) is 0. The van der Waals surface area contributed by atoms with E-state index in [0.29, 0.717) is 0 Å². The van der Waals surface area contributed by atoms with Crippen molar-refractivity contribution in [3.8, 4) is 11.1 Å². The van der Waals surface area contributed by atoms with Gasteiger partial charge in [-0.3, -0.25) is 9.11 Å². The Morgan fingerprint density at radius 2 is 1.04 bits per heavy atom. The van der Waals surface area contributed by atoms with E-state index in [2.05, 4.69) is 0 Å². The van der Waals surface area contributed by atoms with Crippen LogP contribution in [0.1, 0.15) is 1.43 Å². The van der Waals surface area contributed by atoms with Crippen LogP contribution in [0, 0.1) is 0 Å². The zero-order chi connectivity index (χ0) is 16.7. The van der Waals surface area contributed by atoms with Gasteiger partial charge in [0.05, 0.1) is 0 Å². The van der Waals surface area contributed by atoms with Crippen molar-refractivity contribution in [2.24, 2.45) is 0 Å². The van der Waals surface area contributed by atoms with Crippen LogP contribution in [0.4, 0.5) is 11.4 Å². The molecule has 0 aliphatic rings. The monoisotopic (exact) mass is 368 g/mol. The van der Waals surface area contributed by atoms with E-state index in [9.17, 15) is 25.9 Å². The van der Waals surface area contributed by atoms with Gasteiger partial charge in [-0.25, -0.2) is 0 Å². The summed E-state index contributed by atoms with van der Waals surface area (Å²) in [5.74, 6) is 0. The van der Waals surface area contributed by atoms with Gasteiger partial charge in [0.25, 0.3) is 20.2 Å². The topological polar surface area (TPSA) is 161 Å². The second-order valence-corrected chi connectivity index (χ2v) is 7.24. The standard InChI is InChI=1S/C12H12N2O6S2.Na.H/c13-7-1-3-9(11(5-7)21(15,16)17)10-4-2-8(14)6-12(10)22(18,19)20;;/h1-6H,13-14H2,(H,15,16,17)(H,18,19,20);;/q;+1;-1. The second-order valence-electron chi connectivity index (χ2n) is 4.46. The van der Waals surface area contributed by atoms with Gasteiger partial charge in [0.15, 0.2) is 0 Å². The average molecular weight is 368 g/mol. The van der Waals surface area contributed by atoms with Crippen LogP contribution in [0.3, 0.4) is 0 Å². The molecule has 0 aromatic heterocycles. The maximum absolute atomic E-state index is 11.5. The third-order valence-electron chi connectivity index (χ3n) is 2.86. The summed E-state index contributed by atoms with van der Waals surface area (Å²) in [6.07, 6.45) is 0. The molecular formula is C12H13N2NaO6S2. The molecule has 6 N–H and O–H groups in total. The number of hydrogen-bond acceptors (Lipinski definition) is 6. The Morgan fingerprint density at radius 1 is 0.739 bits per heavy atom. The molecule has 2 aromatic carbocycles. The van der Waals surface area contributed by atoms with E-state index in [0.717, 1.165) is 12.1 Å². The minimum atomic E-state index is -4.66. The van der Waals surface area contributed by atoms with E-state index in [4.69, 9.17) is 11.5 Å². The molecule has 8 nitrogen and oxygen atoms in total. The fourth-order valence-electron chi connectivity index (χ4n) is 1.95. The molecular weight excluding hydrogens is 355 g/mol. The smallest absolute Gasteiger partial charge is 1.00 e. The molecule has 0 saturated heterocycles. The first kappa shape index (κ1) is 19.9. The molecule has 0 radical (unpaired) electrons. The molecule has 11 heteroatoms. The third-order valence-corrected chi connectivity index (χ3v) is 4.64. The van der Waals surface area contributed by atoms with Crippen LogP contribution in [-0.4, -0.2) is 25.9 Å². The first-order valence-corrected chi connectivity index (χ1v) is 8.62. The maximum atomic E-state index is 11.5. The maximum Gasteiger partial charge on any atom is 1.00 e. The molecule has 0 saturated carbocycles. The summed E-state index contributed by atoms with van der Waals surface area (Å²) in [5, 5.41) is 0. The third kappa shape index (κ3) is 4.44. The quantitative estimate of drug-likeness (QED) is 0.278. The van der Waals surface area contributed by atoms with Crippen LogP contribution < -0.4 is 41.0 Å². The summed E-state index contributed by atoms with van der Waals surface area (Å²) in [5.41, 5.74) is 10.8. The molecule has 0 spiro atoms. The summed E-state index contributed by atoms with van der Waals surface area (Å²) < 4.78 is 64.4. The Balaban J connectivity index is 0.00000264. The van der Waals surface area contributed by atoms with E-state index in [1.807, 2.05) is 0 Å². The minimum absolute atomic E-state index is 0. The summed E-state index contributed by atoms with van der Waals surface area (Å²) in [6, 6.07) is 7.06. The first-order chi connectivity index (χ1) is 10.00. The summed E-state index contributed by atoms with van der Waals surface area (Å²) in [7, 11) is -9.33. The number of nitrogen functional groups attached to an aromatic ring is 2. The van der Waals surface area contributed by atoms with Crippen molar-refractivity contribution in [1.82, 2.24) is 0 Å². The normalized spacial score (nSPS) is 11.7. The Morgan fingerprint density at radius 3 is 1.30 bits per heavy atom. The molecule has 0 aliphatic heterocycles. The van der Waals surface area contributed by atoms with Crippen LogP contribution in [-0.2, 0) is 20.2 Å². The average Bonchev–Trinajstić information content (AvgIpc) is 2.37.